The highest BCUT2D eigenvalue weighted by Crippen LogP contribution is 1.80. The van der Waals surface area contributed by atoms with Crippen molar-refractivity contribution in [1.29, 1.82) is 0 Å². The third-order valence-electron chi connectivity index (χ3n) is 0.629. The topological polar surface area (TPSA) is 58.5 Å². The van der Waals surface area contributed by atoms with Gasteiger partial charge in [0.2, 0.25) is 0 Å². The van der Waals surface area contributed by atoms with Gasteiger partial charge in [-0.3, -0.25) is 0 Å². The van der Waals surface area contributed by atoms with E-state index < -0.39 is 0 Å². The van der Waals surface area contributed by atoms with E-state index in [0.29, 0.717) is 0 Å². The molecule has 0 aromatic carbocycles. The molecule has 0 radical (unpaired) electrons. The highest BCUT2D eigenvalue weighted by Gasteiger charge is 1.93. The monoisotopic (exact) mass is 192 g/mol. The number of rotatable bonds is 2. The Labute approximate surface area is 75.2 Å². The summed E-state index contributed by atoms with van der Waals surface area (Å²) in [6.45, 7) is 2.53. The minimum atomic E-state index is -0.199. The van der Waals surface area contributed by atoms with Crippen LogP contribution in [-0.4, -0.2) is 36.8 Å². The average molecular weight is 193 g/mol. The van der Waals surface area contributed by atoms with Crippen molar-refractivity contribution in [2.75, 3.05) is 20.6 Å². The van der Waals surface area contributed by atoms with Gasteiger partial charge >= 0.3 is 0 Å². The summed E-state index contributed by atoms with van der Waals surface area (Å²) in [5.74, 6) is 0. The molecule has 68 valence electrons. The largest absolute Gasteiger partial charge is 0.392 e. The first-order valence-corrected chi connectivity index (χ1v) is 2.45. The number of hydrogen-bond acceptors (Lipinski definition) is 3. The van der Waals surface area contributed by atoms with Crippen molar-refractivity contribution >= 4 is 24.8 Å². The molecule has 4 N–H and O–H groups in total. The van der Waals surface area contributed by atoms with Crippen LogP contribution in [0.3, 0.4) is 0 Å². The van der Waals surface area contributed by atoms with Gasteiger partial charge < -0.3 is 16.2 Å². The van der Waals surface area contributed by atoms with E-state index in [-0.39, 0.29) is 37.1 Å². The molecular formula is C5H18Cl2N2O. The van der Waals surface area contributed by atoms with E-state index in [1.54, 1.807) is 6.92 Å². The van der Waals surface area contributed by atoms with Crippen LogP contribution in [0.1, 0.15) is 6.92 Å². The van der Waals surface area contributed by atoms with Crippen molar-refractivity contribution in [3.8, 4) is 0 Å². The third-order valence-corrected chi connectivity index (χ3v) is 0.629. The first-order valence-electron chi connectivity index (χ1n) is 2.45. The van der Waals surface area contributed by atoms with Gasteiger partial charge in [-0.25, -0.2) is 0 Å². The molecule has 0 aliphatic heterocycles. The van der Waals surface area contributed by atoms with Gasteiger partial charge in [0.25, 0.3) is 0 Å². The summed E-state index contributed by atoms with van der Waals surface area (Å²) in [6, 6.07) is 0. The zero-order valence-corrected chi connectivity index (χ0v) is 8.34. The Bertz CT molecular complexity index is 46.9. The number of aliphatic hydroxyl groups is 1. The maximum absolute atomic E-state index is 8.68. The predicted molar refractivity (Wildman–Crippen MR) is 49.8 cm³/mol. The molecule has 0 aromatic heterocycles. The molecule has 1 atom stereocenters. The van der Waals surface area contributed by atoms with Crippen LogP contribution < -0.4 is 6.15 Å². The minimum absolute atomic E-state index is 0. The smallest absolute Gasteiger partial charge is 0.0638 e. The summed E-state index contributed by atoms with van der Waals surface area (Å²) in [4.78, 5) is 1.95. The second-order valence-electron chi connectivity index (χ2n) is 2.11. The Kier molecular flexibility index (Phi) is 27.3. The van der Waals surface area contributed by atoms with Crippen molar-refractivity contribution < 1.29 is 5.11 Å². The average Bonchev–Trinajstić information content (AvgIpc) is 1.27. The summed E-state index contributed by atoms with van der Waals surface area (Å²) >= 11 is 0. The standard InChI is InChI=1S/C5H13NO.2ClH.H3N/c1-5(7)4-6(2)3;;;/h5,7H,4H2,1-3H3;2*1H;1H3. The first kappa shape index (κ1) is 22.4. The Hall–Kier alpha value is 0.460. The van der Waals surface area contributed by atoms with Gasteiger partial charge in [0, 0.05) is 6.54 Å². The van der Waals surface area contributed by atoms with Crippen molar-refractivity contribution in [3.05, 3.63) is 0 Å². The maximum Gasteiger partial charge on any atom is 0.0638 e. The SMILES string of the molecule is CC(O)CN(C)C.Cl.Cl.N. The normalized spacial score (nSPS) is 10.5. The van der Waals surface area contributed by atoms with Gasteiger partial charge in [-0.05, 0) is 21.0 Å². The summed E-state index contributed by atoms with van der Waals surface area (Å²) in [5.41, 5.74) is 0. The van der Waals surface area contributed by atoms with E-state index >= 15 is 0 Å². The fraction of sp³-hybridized carbons (Fsp3) is 1.00. The summed E-state index contributed by atoms with van der Waals surface area (Å²) in [6.07, 6.45) is -0.199. The minimum Gasteiger partial charge on any atom is -0.392 e. The molecule has 0 aliphatic rings. The molecular weight excluding hydrogens is 175 g/mol. The Morgan fingerprint density at radius 2 is 1.60 bits per heavy atom. The highest BCUT2D eigenvalue weighted by atomic mass is 35.5. The molecule has 0 bridgehead atoms. The van der Waals surface area contributed by atoms with Crippen molar-refractivity contribution in [3.63, 3.8) is 0 Å². The van der Waals surface area contributed by atoms with E-state index in [9.17, 15) is 0 Å². The van der Waals surface area contributed by atoms with Gasteiger partial charge in [0.1, 0.15) is 0 Å². The van der Waals surface area contributed by atoms with Gasteiger partial charge in [-0.2, -0.15) is 0 Å². The van der Waals surface area contributed by atoms with Crippen LogP contribution in [0.15, 0.2) is 0 Å². The number of nitrogens with zero attached hydrogens (tertiary/aromatic N) is 1. The van der Waals surface area contributed by atoms with E-state index in [2.05, 4.69) is 0 Å². The molecule has 0 aromatic rings. The fourth-order valence-electron chi connectivity index (χ4n) is 0.528. The van der Waals surface area contributed by atoms with Gasteiger partial charge in [-0.1, -0.05) is 0 Å². The molecule has 0 saturated heterocycles. The van der Waals surface area contributed by atoms with Gasteiger partial charge in [0.05, 0.1) is 6.10 Å². The van der Waals surface area contributed by atoms with E-state index in [4.69, 9.17) is 5.11 Å². The molecule has 3 nitrogen and oxygen atoms in total. The second-order valence-corrected chi connectivity index (χ2v) is 2.11. The van der Waals surface area contributed by atoms with Crippen LogP contribution in [0.25, 0.3) is 0 Å². The van der Waals surface area contributed by atoms with E-state index in [0.717, 1.165) is 6.54 Å². The number of hydrogen-bond donors (Lipinski definition) is 2. The Balaban J connectivity index is -0.0000000600. The van der Waals surface area contributed by atoms with Crippen LogP contribution in [0, 0.1) is 0 Å². The molecule has 0 rings (SSSR count). The quantitative estimate of drug-likeness (QED) is 0.685. The molecule has 5 heteroatoms. The van der Waals surface area contributed by atoms with Crippen LogP contribution >= 0.6 is 24.8 Å². The lowest BCUT2D eigenvalue weighted by molar-refractivity contribution is 0.154. The molecule has 10 heavy (non-hydrogen) atoms. The summed E-state index contributed by atoms with van der Waals surface area (Å²) in [7, 11) is 3.87. The predicted octanol–water partition coefficient (Wildman–Crippen LogP) is 0.934. The zero-order valence-electron chi connectivity index (χ0n) is 6.70. The first-order chi connectivity index (χ1) is 3.13. The van der Waals surface area contributed by atoms with Crippen LogP contribution in [0.4, 0.5) is 0 Å². The number of likely N-dealkylation sites (N-methyl/N-ethyl adjacent to an activating group) is 1. The molecule has 1 unspecified atom stereocenters. The summed E-state index contributed by atoms with van der Waals surface area (Å²) < 4.78 is 0. The highest BCUT2D eigenvalue weighted by molar-refractivity contribution is 5.85. The van der Waals surface area contributed by atoms with E-state index in [1.165, 1.54) is 0 Å². The maximum atomic E-state index is 8.68. The lowest BCUT2D eigenvalue weighted by atomic mass is 10.4. The fourth-order valence-corrected chi connectivity index (χ4v) is 0.528. The number of aliphatic hydroxyl groups excluding tert-OH is 1. The van der Waals surface area contributed by atoms with Gasteiger partial charge in [0.15, 0.2) is 0 Å². The molecule has 0 amide bonds. The van der Waals surface area contributed by atoms with Crippen molar-refractivity contribution in [1.82, 2.24) is 11.1 Å². The zero-order chi connectivity index (χ0) is 5.86. The van der Waals surface area contributed by atoms with Crippen molar-refractivity contribution in [2.24, 2.45) is 0 Å². The second kappa shape index (κ2) is 12.2. The molecule has 0 fully saturated rings. The molecule has 0 spiro atoms. The molecule has 0 heterocycles. The molecule has 0 saturated carbocycles. The van der Waals surface area contributed by atoms with Gasteiger partial charge in [-0.15, -0.1) is 24.8 Å². The Morgan fingerprint density at radius 3 is 1.60 bits per heavy atom. The van der Waals surface area contributed by atoms with E-state index in [1.807, 2.05) is 19.0 Å². The molecule has 0 aliphatic carbocycles. The summed E-state index contributed by atoms with van der Waals surface area (Å²) in [5, 5.41) is 8.68. The Morgan fingerprint density at radius 1 is 1.30 bits per heavy atom. The number of halogens is 2. The van der Waals surface area contributed by atoms with Crippen molar-refractivity contribution in [2.45, 2.75) is 13.0 Å². The van der Waals surface area contributed by atoms with Crippen LogP contribution in [0.5, 0.6) is 0 Å². The van der Waals surface area contributed by atoms with Crippen LogP contribution in [0.2, 0.25) is 0 Å². The lowest BCUT2D eigenvalue weighted by Crippen LogP contribution is -2.22. The van der Waals surface area contributed by atoms with Crippen LogP contribution in [-0.2, 0) is 0 Å². The third kappa shape index (κ3) is 23.7. The lowest BCUT2D eigenvalue weighted by Gasteiger charge is -2.10.